The highest BCUT2D eigenvalue weighted by atomic mass is 79.9. The van der Waals surface area contributed by atoms with Gasteiger partial charge in [-0.05, 0) is 120 Å². The third-order valence-corrected chi connectivity index (χ3v) is 10.4. The van der Waals surface area contributed by atoms with Crippen LogP contribution in [0.15, 0.2) is 106 Å². The zero-order valence-electron chi connectivity index (χ0n) is 34.2. The Morgan fingerprint density at radius 3 is 1.80 bits per heavy atom. The summed E-state index contributed by atoms with van der Waals surface area (Å²) >= 11 is 6.68. The first-order chi connectivity index (χ1) is 28.1. The van der Waals surface area contributed by atoms with Crippen LogP contribution in [-0.2, 0) is 4.43 Å². The highest BCUT2D eigenvalue weighted by Gasteiger charge is 2.31. The van der Waals surface area contributed by atoms with Gasteiger partial charge >= 0.3 is 6.36 Å². The number of carbonyl (C=O) groups excluding carboxylic acids is 2. The van der Waals surface area contributed by atoms with E-state index >= 15 is 0 Å². The minimum Gasteiger partial charge on any atom is -0.406 e. The van der Waals surface area contributed by atoms with Crippen LogP contribution in [0, 0.1) is 45.9 Å². The van der Waals surface area contributed by atoms with Crippen LogP contribution in [0.25, 0.3) is 11.4 Å². The summed E-state index contributed by atoms with van der Waals surface area (Å²) in [4.78, 5) is 32.4. The van der Waals surface area contributed by atoms with E-state index < -0.39 is 38.4 Å². The number of rotatable bonds is 10. The number of aliphatic hydroxyl groups is 1. The second-order valence-corrected chi connectivity index (χ2v) is 20.9. The van der Waals surface area contributed by atoms with Crippen LogP contribution in [-0.4, -0.2) is 51.0 Å². The number of benzene rings is 4. The van der Waals surface area contributed by atoms with Crippen molar-refractivity contribution < 1.29 is 37.0 Å². The molecule has 2 unspecified atom stereocenters. The fourth-order valence-electron chi connectivity index (χ4n) is 5.91. The molecule has 2 atom stereocenters. The molecule has 6 rings (SSSR count). The summed E-state index contributed by atoms with van der Waals surface area (Å²) in [5.74, 6) is 0.455. The molecule has 0 radical (unpaired) electrons. The topological polar surface area (TPSA) is 132 Å². The average molecular weight is 968 g/mol. The number of ether oxygens (including phenoxy) is 1. The van der Waals surface area contributed by atoms with Crippen molar-refractivity contribution in [2.45, 2.75) is 72.8 Å². The predicted octanol–water partition coefficient (Wildman–Crippen LogP) is 11.5. The normalized spacial score (nSPS) is 12.2. The Labute approximate surface area is 365 Å². The lowest BCUT2D eigenvalue weighted by Gasteiger charge is -2.21. The van der Waals surface area contributed by atoms with Gasteiger partial charge in [-0.25, -0.2) is 9.97 Å². The molecule has 2 aromatic heterocycles. The molecule has 0 spiro atoms. The largest absolute Gasteiger partial charge is 0.573 e. The molecule has 0 bridgehead atoms. The summed E-state index contributed by atoms with van der Waals surface area (Å²) in [6.45, 7) is 15.8. The molecule has 4 aromatic carbocycles. The highest BCUT2D eigenvalue weighted by Crippen LogP contribution is 2.31. The summed E-state index contributed by atoms with van der Waals surface area (Å²) in [6, 6.07) is 25.3. The Balaban J connectivity index is 0.000000217. The summed E-state index contributed by atoms with van der Waals surface area (Å²) in [5.41, 5.74) is 6.33. The lowest BCUT2D eigenvalue weighted by Crippen LogP contribution is -2.27. The quantitative estimate of drug-likeness (QED) is 0.0815. The van der Waals surface area contributed by atoms with Crippen LogP contribution >= 0.6 is 31.9 Å². The van der Waals surface area contributed by atoms with Crippen LogP contribution in [0.2, 0.25) is 19.6 Å². The number of alkyl halides is 3. The van der Waals surface area contributed by atoms with Crippen molar-refractivity contribution >= 4 is 52.2 Å². The van der Waals surface area contributed by atoms with Gasteiger partial charge in [0.15, 0.2) is 26.5 Å². The van der Waals surface area contributed by atoms with E-state index in [2.05, 4.69) is 72.3 Å². The number of hydrogen-bond acceptors (Lipinski definition) is 8. The molecule has 2 heterocycles. The number of nitrogens with zero attached hydrogens (tertiary/aromatic N) is 5. The first kappa shape index (κ1) is 47.5. The molecular formula is C44H44Br2F3N5O5Si. The van der Waals surface area contributed by atoms with Crippen molar-refractivity contribution in [1.82, 2.24) is 19.1 Å². The van der Waals surface area contributed by atoms with Gasteiger partial charge in [0.25, 0.3) is 0 Å². The van der Waals surface area contributed by atoms with Gasteiger partial charge in [-0.1, -0.05) is 61.7 Å². The summed E-state index contributed by atoms with van der Waals surface area (Å²) < 4.78 is 51.7. The minimum atomic E-state index is -4.82. The third-order valence-electron chi connectivity index (χ3n) is 8.51. The lowest BCUT2D eigenvalue weighted by molar-refractivity contribution is -0.274. The molecule has 0 aliphatic carbocycles. The Kier molecular flexibility index (Phi) is 16.1. The predicted molar refractivity (Wildman–Crippen MR) is 233 cm³/mol. The molecular weight excluding hydrogens is 923 g/mol. The minimum absolute atomic E-state index is 0.0523. The number of ketones is 1. The lowest BCUT2D eigenvalue weighted by atomic mass is 9.98. The number of Topliss-reactive ketones (excluding diaryl/α,β-unsaturated/α-hetero) is 1. The van der Waals surface area contributed by atoms with Crippen molar-refractivity contribution in [2.75, 3.05) is 0 Å². The number of aliphatic hydroxyl groups excluding tert-OH is 1. The van der Waals surface area contributed by atoms with Gasteiger partial charge < -0.3 is 23.4 Å². The van der Waals surface area contributed by atoms with E-state index in [1.165, 1.54) is 17.7 Å². The Morgan fingerprint density at radius 2 is 1.33 bits per heavy atom. The second-order valence-electron chi connectivity index (χ2n) is 14.6. The average Bonchev–Trinajstić information content (AvgIpc) is 3.70. The van der Waals surface area contributed by atoms with Gasteiger partial charge in [-0.2, -0.15) is 5.26 Å². The Morgan fingerprint density at radius 1 is 0.817 bits per heavy atom. The molecule has 0 aliphatic rings. The Hall–Kier alpha value is -5.18. The van der Waals surface area contributed by atoms with Crippen LogP contribution in [0.5, 0.6) is 5.75 Å². The van der Waals surface area contributed by atoms with Crippen LogP contribution in [0.4, 0.5) is 13.2 Å². The van der Waals surface area contributed by atoms with Crippen molar-refractivity contribution in [3.63, 3.8) is 0 Å². The standard InChI is InChI=1S/C20H16BrF3N2O3.C12H11BrN2O.C12H17NOSi/c1-11-10-26(12(2)25-11)17-8-5-14(21)9-16(17)19(28)18(27)13-3-6-15(7-4-13)29-20(22,23)24;1-8-6-15(9(2)14-8)12-4-3-11(13)5-10(12)7-16;1-10-5-7-11(8-6-10)12(9-13)14-15(2,3)4/h3-10,19,28H,1-2H3;3-7H,1-2H3;5-8,12H,1-4H3. The number of halogens is 5. The van der Waals surface area contributed by atoms with Gasteiger partial charge in [0.05, 0.1) is 28.8 Å². The van der Waals surface area contributed by atoms with E-state index in [0.717, 1.165) is 51.4 Å². The molecule has 314 valence electrons. The van der Waals surface area contributed by atoms with Crippen LogP contribution in [0.3, 0.4) is 0 Å². The van der Waals surface area contributed by atoms with Crippen molar-refractivity contribution in [3.05, 3.63) is 157 Å². The molecule has 16 heteroatoms. The number of aromatic nitrogens is 4. The van der Waals surface area contributed by atoms with E-state index in [1.54, 1.807) is 42.0 Å². The zero-order valence-corrected chi connectivity index (χ0v) is 38.3. The summed E-state index contributed by atoms with van der Waals surface area (Å²) in [6.07, 6.45) is -2.21. The van der Waals surface area contributed by atoms with Crippen LogP contribution < -0.4 is 4.74 Å². The molecule has 1 N–H and O–H groups in total. The molecule has 0 saturated carbocycles. The number of nitriles is 1. The number of aldehydes is 1. The zero-order chi connectivity index (χ0) is 44.5. The van der Waals surface area contributed by atoms with Gasteiger partial charge in [-0.15, -0.1) is 13.2 Å². The maximum absolute atomic E-state index is 12.8. The molecule has 0 fully saturated rings. The van der Waals surface area contributed by atoms with E-state index in [1.807, 2.05) is 74.9 Å². The van der Waals surface area contributed by atoms with Gasteiger partial charge in [0, 0.05) is 38.0 Å². The van der Waals surface area contributed by atoms with Gasteiger partial charge in [-0.3, -0.25) is 9.59 Å². The van der Waals surface area contributed by atoms with Gasteiger partial charge in [0.2, 0.25) is 0 Å². The van der Waals surface area contributed by atoms with Gasteiger partial charge in [0.1, 0.15) is 23.5 Å². The SMILES string of the molecule is Cc1ccc(C(C#N)O[Si](C)(C)C)cc1.Cc1cn(-c2ccc(Br)cc2C(O)C(=O)c2ccc(OC(F)(F)F)cc2)c(C)n1.Cc1cn(-c2ccc(Br)cc2C=O)c(C)n1. The molecule has 0 amide bonds. The molecule has 10 nitrogen and oxygen atoms in total. The van der Waals surface area contributed by atoms with Crippen molar-refractivity contribution in [3.8, 4) is 23.2 Å². The number of carbonyl (C=O) groups is 2. The van der Waals surface area contributed by atoms with E-state index in [0.29, 0.717) is 27.1 Å². The fourth-order valence-corrected chi connectivity index (χ4v) is 7.56. The summed E-state index contributed by atoms with van der Waals surface area (Å²) in [7, 11) is -1.66. The Bertz CT molecular complexity index is 2470. The molecule has 60 heavy (non-hydrogen) atoms. The monoisotopic (exact) mass is 965 g/mol. The molecule has 0 saturated heterocycles. The van der Waals surface area contributed by atoms with E-state index in [-0.39, 0.29) is 5.56 Å². The molecule has 0 aliphatic heterocycles. The first-order valence-corrected chi connectivity index (χ1v) is 23.4. The maximum Gasteiger partial charge on any atom is 0.573 e. The third kappa shape index (κ3) is 13.4. The van der Waals surface area contributed by atoms with E-state index in [4.69, 9.17) is 9.69 Å². The van der Waals surface area contributed by atoms with E-state index in [9.17, 15) is 27.9 Å². The first-order valence-electron chi connectivity index (χ1n) is 18.4. The maximum atomic E-state index is 12.8. The summed E-state index contributed by atoms with van der Waals surface area (Å²) in [5, 5.41) is 19.8. The number of aryl methyl sites for hydroxylation is 5. The number of hydrogen-bond donors (Lipinski definition) is 1. The van der Waals surface area contributed by atoms with Crippen LogP contribution in [0.1, 0.15) is 72.7 Å². The smallest absolute Gasteiger partial charge is 0.406 e. The number of imidazole rings is 2. The fraction of sp³-hybridized carbons (Fsp3) is 0.250. The molecule has 6 aromatic rings. The highest BCUT2D eigenvalue weighted by molar-refractivity contribution is 9.10. The second kappa shape index (κ2) is 20.4. The van der Waals surface area contributed by atoms with Crippen molar-refractivity contribution in [2.24, 2.45) is 0 Å². The van der Waals surface area contributed by atoms with Crippen molar-refractivity contribution in [1.29, 1.82) is 5.26 Å².